The first-order valence-corrected chi connectivity index (χ1v) is 17.2. The van der Waals surface area contributed by atoms with E-state index < -0.39 is 33.6 Å². The van der Waals surface area contributed by atoms with Crippen LogP contribution in [0.1, 0.15) is 37.1 Å². The van der Waals surface area contributed by atoms with E-state index in [1.807, 2.05) is 43.3 Å². The molecule has 51 heavy (non-hydrogen) atoms. The van der Waals surface area contributed by atoms with Gasteiger partial charge in [0.1, 0.15) is 34.1 Å². The predicted molar refractivity (Wildman–Crippen MR) is 189 cm³/mol. The van der Waals surface area contributed by atoms with Gasteiger partial charge in [0.05, 0.1) is 5.02 Å². The average molecular weight is 772 g/mol. The zero-order valence-electron chi connectivity index (χ0n) is 27.5. The van der Waals surface area contributed by atoms with Crippen LogP contribution in [0, 0.1) is 12.3 Å². The third-order valence-corrected chi connectivity index (χ3v) is 9.59. The molecule has 0 atom stereocenters. The van der Waals surface area contributed by atoms with E-state index in [-0.39, 0.29) is 32.9 Å². The summed E-state index contributed by atoms with van der Waals surface area (Å²) in [6, 6.07) is 19.2. The van der Waals surface area contributed by atoms with Crippen molar-refractivity contribution in [1.82, 2.24) is 15.0 Å². The van der Waals surface area contributed by atoms with Crippen LogP contribution < -0.4 is 25.8 Å². The third kappa shape index (κ3) is 11.4. The van der Waals surface area contributed by atoms with Gasteiger partial charge in [-0.3, -0.25) is 10.2 Å². The smallest absolute Gasteiger partial charge is 0.487 e. The molecular formula is C33H35Cl2F3N6O6S. The number of nitrogens with one attached hydrogen (secondary N) is 4. The molecule has 18 heteroatoms. The van der Waals surface area contributed by atoms with Crippen LogP contribution >= 0.6 is 23.2 Å². The fraction of sp³-hybridized carbons (Fsp3) is 0.273. The number of hydrogen-bond donors (Lipinski definition) is 6. The summed E-state index contributed by atoms with van der Waals surface area (Å²) in [6.07, 6.45) is -4.50. The number of fused-ring (bicyclic) bond motifs is 1. The topological polar surface area (TPSA) is 197 Å². The van der Waals surface area contributed by atoms with Gasteiger partial charge in [0.2, 0.25) is 15.9 Å². The lowest BCUT2D eigenvalue weighted by Gasteiger charge is -2.25. The number of alkyl halides is 3. The predicted octanol–water partition coefficient (Wildman–Crippen LogP) is 6.02. The number of amidine groups is 1. The first-order valence-electron chi connectivity index (χ1n) is 15.0. The number of anilines is 1. The van der Waals surface area contributed by atoms with Crippen molar-refractivity contribution < 1.29 is 41.0 Å². The van der Waals surface area contributed by atoms with Gasteiger partial charge in [-0.2, -0.15) is 17.9 Å². The Labute approximate surface area is 302 Å². The van der Waals surface area contributed by atoms with Crippen molar-refractivity contribution >= 4 is 67.5 Å². The van der Waals surface area contributed by atoms with Crippen LogP contribution in [0.5, 0.6) is 5.75 Å². The number of sulfonamides is 1. The minimum absolute atomic E-state index is 0.00463. The molecule has 1 aromatic heterocycles. The monoisotopic (exact) mass is 770 g/mol. The van der Waals surface area contributed by atoms with Gasteiger partial charge in [0, 0.05) is 46.0 Å². The molecule has 4 aromatic rings. The molecule has 0 saturated carbocycles. The molecule has 3 aromatic carbocycles. The van der Waals surface area contributed by atoms with Crippen molar-refractivity contribution in [2.45, 2.75) is 50.4 Å². The highest BCUT2D eigenvalue weighted by Crippen LogP contribution is 2.33. The highest BCUT2D eigenvalue weighted by atomic mass is 35.5. The number of nitrogens with zero attached hydrogens (tertiary/aromatic N) is 1. The van der Waals surface area contributed by atoms with Crippen molar-refractivity contribution in [3.63, 3.8) is 0 Å². The summed E-state index contributed by atoms with van der Waals surface area (Å²) < 4.78 is 67.0. The largest absolute Gasteiger partial charge is 0.490 e. The Morgan fingerprint density at radius 3 is 2.25 bits per heavy atom. The molecule has 0 radical (unpaired) electrons. The molecule has 4 rings (SSSR count). The number of hydrogen-bond acceptors (Lipinski definition) is 8. The number of benzene rings is 3. The number of carboxylic acid groups (broad SMARTS) is 1. The molecule has 1 heterocycles. The Morgan fingerprint density at radius 1 is 1.00 bits per heavy atom. The van der Waals surface area contributed by atoms with E-state index in [1.54, 1.807) is 18.2 Å². The molecule has 0 bridgehead atoms. The molecule has 0 aliphatic carbocycles. The van der Waals surface area contributed by atoms with Crippen LogP contribution in [-0.2, 0) is 26.2 Å². The molecule has 0 unspecified atom stereocenters. The zero-order chi connectivity index (χ0) is 38.1. The Morgan fingerprint density at radius 2 is 1.65 bits per heavy atom. The minimum atomic E-state index is -5.08. The highest BCUT2D eigenvalue weighted by Gasteiger charge is 2.38. The summed E-state index contributed by atoms with van der Waals surface area (Å²) in [4.78, 5) is 26.2. The number of aliphatic carboxylic acids is 1. The number of carbonyl (C=O) groups is 2. The van der Waals surface area contributed by atoms with Crippen LogP contribution in [0.25, 0.3) is 10.9 Å². The fourth-order valence-electron chi connectivity index (χ4n) is 4.35. The summed E-state index contributed by atoms with van der Waals surface area (Å²) in [6.45, 7) is 5.59. The second kappa shape index (κ2) is 17.0. The molecular weight excluding hydrogens is 736 g/mol. The number of nitrogens with two attached hydrogens (primary N) is 1. The molecule has 0 fully saturated rings. The molecule has 12 nitrogen and oxygen atoms in total. The maximum Gasteiger partial charge on any atom is 0.490 e. The number of carbonyl (C=O) groups excluding carboxylic acids is 1. The van der Waals surface area contributed by atoms with Crippen LogP contribution in [-0.4, -0.2) is 61.0 Å². The number of aromatic nitrogens is 1. The Hall–Kier alpha value is -4.64. The normalized spacial score (nSPS) is 11.7. The lowest BCUT2D eigenvalue weighted by atomic mass is 10.1. The van der Waals surface area contributed by atoms with E-state index in [9.17, 15) is 26.4 Å². The van der Waals surface area contributed by atoms with Crippen LogP contribution in [0.15, 0.2) is 71.6 Å². The van der Waals surface area contributed by atoms with Crippen molar-refractivity contribution in [3.05, 3.63) is 93.6 Å². The summed E-state index contributed by atoms with van der Waals surface area (Å²) in [7, 11) is -4.24. The van der Waals surface area contributed by atoms with Crippen LogP contribution in [0.4, 0.5) is 18.9 Å². The van der Waals surface area contributed by atoms with Gasteiger partial charge in [-0.25, -0.2) is 18.2 Å². The molecule has 274 valence electrons. The van der Waals surface area contributed by atoms with Gasteiger partial charge in [-0.1, -0.05) is 41.4 Å². The Bertz CT molecular complexity index is 2010. The molecule has 0 spiro atoms. The van der Waals surface area contributed by atoms with Crippen molar-refractivity contribution in [1.29, 1.82) is 5.41 Å². The highest BCUT2D eigenvalue weighted by molar-refractivity contribution is 7.89. The van der Waals surface area contributed by atoms with Crippen molar-refractivity contribution in [2.24, 2.45) is 5.73 Å². The summed E-state index contributed by atoms with van der Waals surface area (Å²) in [5.41, 5.74) is 7.24. The lowest BCUT2D eigenvalue weighted by Crippen LogP contribution is -2.54. The number of aryl methyl sites for hydroxylation is 1. The minimum Gasteiger partial charge on any atom is -0.487 e. The van der Waals surface area contributed by atoms with Crippen LogP contribution in [0.3, 0.4) is 0 Å². The average Bonchev–Trinajstić information content (AvgIpc) is 3.04. The third-order valence-electron chi connectivity index (χ3n) is 7.00. The van der Waals surface area contributed by atoms with Gasteiger partial charge in [-0.05, 0) is 75.7 Å². The van der Waals surface area contributed by atoms with E-state index >= 15 is 0 Å². The SMILES string of the molecule is Cc1ccc2cccc(OCc3c(Cl)ccc(S(=O)(=O)NC(C)(C)C(=O)NCCCNc4ccc(C(=N)N)cc4)c3Cl)c2n1.O=C(O)C(F)(F)F. The van der Waals surface area contributed by atoms with E-state index in [0.29, 0.717) is 36.3 Å². The molecule has 0 aliphatic rings. The Balaban J connectivity index is 0.000000908. The number of ether oxygens (including phenoxy) is 1. The molecule has 7 N–H and O–H groups in total. The maximum absolute atomic E-state index is 13.4. The zero-order valence-corrected chi connectivity index (χ0v) is 29.8. The number of nitrogen functional groups attached to an aromatic ring is 1. The van der Waals surface area contributed by atoms with Crippen LogP contribution in [0.2, 0.25) is 10.0 Å². The summed E-state index contributed by atoms with van der Waals surface area (Å²) >= 11 is 13.0. The summed E-state index contributed by atoms with van der Waals surface area (Å²) in [5, 5.41) is 21.6. The van der Waals surface area contributed by atoms with Crippen molar-refractivity contribution in [3.8, 4) is 5.75 Å². The van der Waals surface area contributed by atoms with E-state index in [1.165, 1.54) is 26.0 Å². The number of rotatable bonds is 13. The maximum atomic E-state index is 13.4. The second-order valence-corrected chi connectivity index (χ2v) is 13.9. The Kier molecular flexibility index (Phi) is 13.6. The molecule has 1 amide bonds. The number of pyridine rings is 1. The quantitative estimate of drug-likeness (QED) is 0.0535. The van der Waals surface area contributed by atoms with E-state index in [4.69, 9.17) is 49.0 Å². The molecule has 0 aliphatic heterocycles. The van der Waals surface area contributed by atoms with Crippen molar-refractivity contribution in [2.75, 3.05) is 18.4 Å². The lowest BCUT2D eigenvalue weighted by molar-refractivity contribution is -0.192. The number of para-hydroxylation sites is 1. The van der Waals surface area contributed by atoms with Gasteiger partial charge < -0.3 is 26.2 Å². The number of carboxylic acids is 1. The number of amides is 1. The van der Waals surface area contributed by atoms with Gasteiger partial charge in [0.25, 0.3) is 0 Å². The van der Waals surface area contributed by atoms with E-state index in [0.717, 1.165) is 16.8 Å². The fourth-order valence-corrected chi connectivity index (χ4v) is 6.61. The molecule has 0 saturated heterocycles. The standard InChI is InChI=1S/C31H34Cl2N6O4S.C2HF3O2/c1-19-8-9-20-6-4-7-25(28(20)38-19)43-18-23-24(32)14-15-26(27(23)33)44(41,42)39-31(2,3)30(40)37-17-5-16-36-22-12-10-21(11-13-22)29(34)35;3-2(4,5)1(6)7/h4,6-15,36,39H,5,16-18H2,1-3H3,(H3,34,35)(H,37,40);(H,6,7). The first-order chi connectivity index (χ1) is 23.7. The van der Waals surface area contributed by atoms with Gasteiger partial charge in [0.15, 0.2) is 0 Å². The number of halogens is 5. The van der Waals surface area contributed by atoms with Gasteiger partial charge >= 0.3 is 12.1 Å². The first kappa shape index (κ1) is 40.8. The van der Waals surface area contributed by atoms with E-state index in [2.05, 4.69) is 20.3 Å². The van der Waals surface area contributed by atoms with Gasteiger partial charge in [-0.15, -0.1) is 0 Å². The summed E-state index contributed by atoms with van der Waals surface area (Å²) in [5.74, 6) is -2.76. The second-order valence-electron chi connectivity index (χ2n) is 11.5.